The van der Waals surface area contributed by atoms with E-state index in [0.717, 1.165) is 65.2 Å². The van der Waals surface area contributed by atoms with Crippen LogP contribution in [0.15, 0.2) is 0 Å². The predicted molar refractivity (Wildman–Crippen MR) is 139 cm³/mol. The molecule has 1 aromatic rings. The van der Waals surface area contributed by atoms with Gasteiger partial charge in [0, 0.05) is 5.56 Å². The first-order chi connectivity index (χ1) is 15.6. The van der Waals surface area contributed by atoms with Crippen LogP contribution >= 0.6 is 0 Å². The van der Waals surface area contributed by atoms with Crippen molar-refractivity contribution in [3.05, 3.63) is 22.3 Å². The molecule has 33 heavy (non-hydrogen) atoms. The first-order valence-corrected chi connectivity index (χ1v) is 13.2. The van der Waals surface area contributed by atoms with Gasteiger partial charge in [-0.2, -0.15) is 0 Å². The number of benzene rings is 1. The molecule has 0 saturated carbocycles. The normalized spacial score (nSPS) is 13.2. The highest BCUT2D eigenvalue weighted by atomic mass is 16.5. The third-order valence-corrected chi connectivity index (χ3v) is 6.96. The third kappa shape index (κ3) is 10.4. The summed E-state index contributed by atoms with van der Waals surface area (Å²) in [6.07, 6.45) is 11.2. The van der Waals surface area contributed by atoms with Gasteiger partial charge in [0.25, 0.3) is 0 Å². The molecule has 0 fully saturated rings. The molecular formula is C29H50O4. The number of carbonyl (C=O) groups is 1. The fourth-order valence-corrected chi connectivity index (χ4v) is 4.71. The zero-order valence-corrected chi connectivity index (χ0v) is 22.7. The summed E-state index contributed by atoms with van der Waals surface area (Å²) in [5, 5.41) is 8.98. The Morgan fingerprint density at radius 2 is 1.27 bits per heavy atom. The zero-order valence-electron chi connectivity index (χ0n) is 22.7. The Hall–Kier alpha value is -1.71. The van der Waals surface area contributed by atoms with Crippen molar-refractivity contribution in [1.29, 1.82) is 0 Å². The molecule has 190 valence electrons. The van der Waals surface area contributed by atoms with Gasteiger partial charge < -0.3 is 14.6 Å². The van der Waals surface area contributed by atoms with Crippen molar-refractivity contribution in [2.45, 2.75) is 113 Å². The van der Waals surface area contributed by atoms with E-state index in [0.29, 0.717) is 5.75 Å². The van der Waals surface area contributed by atoms with Crippen LogP contribution in [0.25, 0.3) is 0 Å². The van der Waals surface area contributed by atoms with Crippen molar-refractivity contribution in [3.63, 3.8) is 0 Å². The van der Waals surface area contributed by atoms with Crippen LogP contribution in [0.2, 0.25) is 0 Å². The van der Waals surface area contributed by atoms with Crippen molar-refractivity contribution in [1.82, 2.24) is 0 Å². The fourth-order valence-electron chi connectivity index (χ4n) is 4.71. The Morgan fingerprint density at radius 1 is 0.758 bits per heavy atom. The van der Waals surface area contributed by atoms with E-state index in [1.54, 1.807) is 0 Å². The SMILES string of the molecule is CCc1c(C)c(OCC(=O)O)c(C)c(C)c1OCCCC(C)CCCC(C)CCCC(C)C. The predicted octanol–water partition coefficient (Wildman–Crippen LogP) is 8.07. The summed E-state index contributed by atoms with van der Waals surface area (Å²) < 4.78 is 11.9. The molecule has 0 amide bonds. The molecule has 2 atom stereocenters. The summed E-state index contributed by atoms with van der Waals surface area (Å²) in [7, 11) is 0. The van der Waals surface area contributed by atoms with E-state index in [1.807, 2.05) is 20.8 Å². The van der Waals surface area contributed by atoms with Crippen LogP contribution in [0.3, 0.4) is 0 Å². The molecule has 0 aromatic heterocycles. The van der Waals surface area contributed by atoms with Crippen LogP contribution in [0, 0.1) is 38.5 Å². The zero-order chi connectivity index (χ0) is 25.0. The minimum absolute atomic E-state index is 0.320. The topological polar surface area (TPSA) is 55.8 Å². The summed E-state index contributed by atoms with van der Waals surface area (Å²) in [6, 6.07) is 0. The van der Waals surface area contributed by atoms with E-state index in [-0.39, 0.29) is 6.61 Å². The van der Waals surface area contributed by atoms with E-state index < -0.39 is 5.97 Å². The number of aliphatic carboxylic acids is 1. The highest BCUT2D eigenvalue weighted by molar-refractivity contribution is 5.69. The van der Waals surface area contributed by atoms with Gasteiger partial charge in [-0.15, -0.1) is 0 Å². The summed E-state index contributed by atoms with van der Waals surface area (Å²) in [6.45, 7) is 17.9. The monoisotopic (exact) mass is 462 g/mol. The largest absolute Gasteiger partial charge is 0.493 e. The van der Waals surface area contributed by atoms with Crippen LogP contribution in [-0.4, -0.2) is 24.3 Å². The van der Waals surface area contributed by atoms with E-state index in [9.17, 15) is 4.79 Å². The van der Waals surface area contributed by atoms with Crippen molar-refractivity contribution in [2.75, 3.05) is 13.2 Å². The highest BCUT2D eigenvalue weighted by Crippen LogP contribution is 2.38. The summed E-state index contributed by atoms with van der Waals surface area (Å²) >= 11 is 0. The van der Waals surface area contributed by atoms with Crippen LogP contribution in [0.4, 0.5) is 0 Å². The summed E-state index contributed by atoms with van der Waals surface area (Å²) in [4.78, 5) is 10.9. The lowest BCUT2D eigenvalue weighted by Crippen LogP contribution is -2.13. The molecule has 0 bridgehead atoms. The van der Waals surface area contributed by atoms with Gasteiger partial charge >= 0.3 is 5.97 Å². The molecule has 2 unspecified atom stereocenters. The molecule has 0 aliphatic rings. The van der Waals surface area contributed by atoms with Gasteiger partial charge in [-0.3, -0.25) is 0 Å². The van der Waals surface area contributed by atoms with Gasteiger partial charge in [-0.05, 0) is 74.5 Å². The lowest BCUT2D eigenvalue weighted by atomic mass is 9.92. The van der Waals surface area contributed by atoms with Gasteiger partial charge in [0.2, 0.25) is 0 Å². The quantitative estimate of drug-likeness (QED) is 0.238. The second-order valence-electron chi connectivity index (χ2n) is 10.5. The van der Waals surface area contributed by atoms with E-state index in [1.165, 1.54) is 44.9 Å². The Bertz CT molecular complexity index is 723. The molecule has 1 aromatic carbocycles. The van der Waals surface area contributed by atoms with Crippen molar-refractivity contribution >= 4 is 5.97 Å². The van der Waals surface area contributed by atoms with Crippen molar-refractivity contribution < 1.29 is 19.4 Å². The molecular weight excluding hydrogens is 412 g/mol. The Kier molecular flexibility index (Phi) is 13.5. The highest BCUT2D eigenvalue weighted by Gasteiger charge is 2.19. The smallest absolute Gasteiger partial charge is 0.341 e. The van der Waals surface area contributed by atoms with E-state index in [2.05, 4.69) is 34.6 Å². The third-order valence-electron chi connectivity index (χ3n) is 6.96. The molecule has 0 radical (unpaired) electrons. The molecule has 0 saturated heterocycles. The number of carboxylic acids is 1. The Labute approximate surface area is 203 Å². The summed E-state index contributed by atoms with van der Waals surface area (Å²) in [5.41, 5.74) is 4.14. The Morgan fingerprint density at radius 3 is 1.79 bits per heavy atom. The first-order valence-electron chi connectivity index (χ1n) is 13.2. The van der Waals surface area contributed by atoms with Crippen LogP contribution in [0.5, 0.6) is 11.5 Å². The van der Waals surface area contributed by atoms with Gasteiger partial charge in [0.15, 0.2) is 6.61 Å². The van der Waals surface area contributed by atoms with Crippen molar-refractivity contribution in [3.8, 4) is 11.5 Å². The lowest BCUT2D eigenvalue weighted by Gasteiger charge is -2.22. The van der Waals surface area contributed by atoms with Gasteiger partial charge in [0.05, 0.1) is 6.61 Å². The number of hydrogen-bond donors (Lipinski definition) is 1. The first kappa shape index (κ1) is 29.3. The van der Waals surface area contributed by atoms with Gasteiger partial charge in [-0.1, -0.05) is 73.1 Å². The van der Waals surface area contributed by atoms with Crippen LogP contribution in [0.1, 0.15) is 108 Å². The number of ether oxygens (including phenoxy) is 2. The van der Waals surface area contributed by atoms with Gasteiger partial charge in [0.1, 0.15) is 11.5 Å². The minimum atomic E-state index is -0.959. The van der Waals surface area contributed by atoms with Gasteiger partial charge in [-0.25, -0.2) is 4.79 Å². The van der Waals surface area contributed by atoms with Crippen LogP contribution in [-0.2, 0) is 11.2 Å². The summed E-state index contributed by atoms with van der Waals surface area (Å²) in [5.74, 6) is 3.10. The maximum absolute atomic E-state index is 10.9. The molecule has 1 rings (SSSR count). The number of hydrogen-bond acceptors (Lipinski definition) is 3. The Balaban J connectivity index is 2.49. The van der Waals surface area contributed by atoms with E-state index >= 15 is 0 Å². The average Bonchev–Trinajstić information content (AvgIpc) is 2.74. The number of rotatable bonds is 17. The molecule has 0 aliphatic carbocycles. The standard InChI is InChI=1S/C29H50O4/c1-9-26-25(8)28(33-19-27(30)31)23(6)24(7)29(26)32-18-12-17-22(5)16-11-15-21(4)14-10-13-20(2)3/h20-22H,9-19H2,1-8H3,(H,30,31). The lowest BCUT2D eigenvalue weighted by molar-refractivity contribution is -0.139. The maximum Gasteiger partial charge on any atom is 0.341 e. The molecule has 0 aliphatic heterocycles. The molecule has 1 N–H and O–H groups in total. The fraction of sp³-hybridized carbons (Fsp3) is 0.759. The second-order valence-corrected chi connectivity index (χ2v) is 10.5. The molecule has 4 nitrogen and oxygen atoms in total. The van der Waals surface area contributed by atoms with Crippen molar-refractivity contribution in [2.24, 2.45) is 17.8 Å². The maximum atomic E-state index is 10.9. The average molecular weight is 463 g/mol. The minimum Gasteiger partial charge on any atom is -0.493 e. The van der Waals surface area contributed by atoms with Crippen LogP contribution < -0.4 is 9.47 Å². The molecule has 0 heterocycles. The second kappa shape index (κ2) is 15.2. The van der Waals surface area contributed by atoms with E-state index in [4.69, 9.17) is 14.6 Å². The number of carboxylic acid groups (broad SMARTS) is 1. The molecule has 4 heteroatoms. The molecule has 0 spiro atoms.